The predicted octanol–water partition coefficient (Wildman–Crippen LogP) is 0.795. The maximum atomic E-state index is 12.7. The van der Waals surface area contributed by atoms with Crippen LogP contribution in [0.25, 0.3) is 0 Å². The minimum Gasteiger partial charge on any atom is -0.378 e. The van der Waals surface area contributed by atoms with Crippen molar-refractivity contribution in [1.29, 1.82) is 0 Å². The smallest absolute Gasteiger partial charge is 0.245 e. The van der Waals surface area contributed by atoms with Crippen LogP contribution in [-0.4, -0.2) is 73.2 Å². The first-order valence-corrected chi connectivity index (χ1v) is 8.53. The van der Waals surface area contributed by atoms with E-state index in [2.05, 4.69) is 0 Å². The summed E-state index contributed by atoms with van der Waals surface area (Å²) in [6.07, 6.45) is 5.35. The monoisotopic (exact) mass is 310 g/mol. The van der Waals surface area contributed by atoms with Gasteiger partial charge in [0, 0.05) is 26.2 Å². The van der Waals surface area contributed by atoms with E-state index in [0.29, 0.717) is 39.3 Å². The van der Waals surface area contributed by atoms with Crippen molar-refractivity contribution in [3.05, 3.63) is 0 Å². The number of likely N-dealkylation sites (tertiary alicyclic amines) is 1. The largest absolute Gasteiger partial charge is 0.378 e. The number of rotatable bonds is 3. The summed E-state index contributed by atoms with van der Waals surface area (Å²) < 4.78 is 11.0. The highest BCUT2D eigenvalue weighted by Gasteiger charge is 2.37. The maximum absolute atomic E-state index is 12.7. The topological polar surface area (TPSA) is 59.1 Å². The van der Waals surface area contributed by atoms with Crippen molar-refractivity contribution in [3.8, 4) is 0 Å². The van der Waals surface area contributed by atoms with Gasteiger partial charge in [-0.15, -0.1) is 0 Å². The van der Waals surface area contributed by atoms with Crippen LogP contribution < -0.4 is 0 Å². The third kappa shape index (κ3) is 3.60. The second-order valence-electron chi connectivity index (χ2n) is 6.38. The molecule has 3 rings (SSSR count). The highest BCUT2D eigenvalue weighted by Crippen LogP contribution is 2.23. The fraction of sp³-hybridized carbons (Fsp3) is 0.875. The Labute approximate surface area is 131 Å². The number of carbonyl (C=O) groups is 2. The molecule has 124 valence electrons. The minimum atomic E-state index is -0.269. The lowest BCUT2D eigenvalue weighted by molar-refractivity contribution is -0.148. The summed E-state index contributed by atoms with van der Waals surface area (Å²) in [7, 11) is 0. The molecule has 0 N–H and O–H groups in total. The van der Waals surface area contributed by atoms with E-state index in [9.17, 15) is 9.59 Å². The average molecular weight is 310 g/mol. The fourth-order valence-corrected chi connectivity index (χ4v) is 3.60. The summed E-state index contributed by atoms with van der Waals surface area (Å²) in [5, 5.41) is 0. The summed E-state index contributed by atoms with van der Waals surface area (Å²) in [6.45, 7) is 3.94. The number of hydrogen-bond donors (Lipinski definition) is 0. The summed E-state index contributed by atoms with van der Waals surface area (Å²) >= 11 is 0. The molecule has 0 spiro atoms. The molecule has 2 atom stereocenters. The Morgan fingerprint density at radius 3 is 2.50 bits per heavy atom. The van der Waals surface area contributed by atoms with Gasteiger partial charge in [-0.3, -0.25) is 9.59 Å². The molecule has 2 unspecified atom stereocenters. The van der Waals surface area contributed by atoms with Crippen LogP contribution in [0.3, 0.4) is 0 Å². The van der Waals surface area contributed by atoms with Gasteiger partial charge < -0.3 is 19.3 Å². The molecule has 0 bridgehead atoms. The van der Waals surface area contributed by atoms with E-state index in [-0.39, 0.29) is 24.0 Å². The molecule has 0 saturated carbocycles. The third-order valence-corrected chi connectivity index (χ3v) is 4.86. The van der Waals surface area contributed by atoms with Gasteiger partial charge in [0.2, 0.25) is 11.8 Å². The van der Waals surface area contributed by atoms with Crippen molar-refractivity contribution in [1.82, 2.24) is 9.80 Å². The zero-order chi connectivity index (χ0) is 15.4. The maximum Gasteiger partial charge on any atom is 0.245 e. The molecule has 3 saturated heterocycles. The number of ether oxygens (including phenoxy) is 2. The van der Waals surface area contributed by atoms with Crippen LogP contribution in [0.15, 0.2) is 0 Å². The Bertz CT molecular complexity index is 403. The van der Waals surface area contributed by atoms with Crippen LogP contribution in [0.2, 0.25) is 0 Å². The Morgan fingerprint density at radius 2 is 1.77 bits per heavy atom. The van der Waals surface area contributed by atoms with E-state index in [4.69, 9.17) is 9.47 Å². The molecule has 0 aliphatic carbocycles. The standard InChI is InChI=1S/C16H26N2O4/c19-15(12-13-4-1-2-9-22-13)18-6-3-5-14(18)16(20)17-7-10-21-11-8-17/h13-14H,1-12H2. The average Bonchev–Trinajstić information content (AvgIpc) is 3.05. The fourth-order valence-electron chi connectivity index (χ4n) is 3.60. The van der Waals surface area contributed by atoms with E-state index >= 15 is 0 Å². The zero-order valence-corrected chi connectivity index (χ0v) is 13.2. The Kier molecular flexibility index (Phi) is 5.31. The van der Waals surface area contributed by atoms with E-state index < -0.39 is 0 Å². The molecule has 0 aromatic rings. The predicted molar refractivity (Wildman–Crippen MR) is 80.3 cm³/mol. The first kappa shape index (κ1) is 15.7. The van der Waals surface area contributed by atoms with E-state index in [0.717, 1.165) is 38.7 Å². The van der Waals surface area contributed by atoms with Crippen molar-refractivity contribution < 1.29 is 19.1 Å². The number of carbonyl (C=O) groups excluding carboxylic acids is 2. The van der Waals surface area contributed by atoms with Gasteiger partial charge in [-0.2, -0.15) is 0 Å². The molecule has 3 heterocycles. The second kappa shape index (κ2) is 7.42. The van der Waals surface area contributed by atoms with Gasteiger partial charge in [-0.05, 0) is 32.1 Å². The molecular formula is C16H26N2O4. The third-order valence-electron chi connectivity index (χ3n) is 4.86. The molecule has 6 heteroatoms. The molecule has 0 aromatic heterocycles. The van der Waals surface area contributed by atoms with Gasteiger partial charge in [0.05, 0.1) is 25.7 Å². The van der Waals surface area contributed by atoms with Crippen LogP contribution in [0.4, 0.5) is 0 Å². The van der Waals surface area contributed by atoms with Crippen molar-refractivity contribution in [3.63, 3.8) is 0 Å². The number of morpholine rings is 1. The van der Waals surface area contributed by atoms with Crippen molar-refractivity contribution >= 4 is 11.8 Å². The van der Waals surface area contributed by atoms with Crippen LogP contribution in [0, 0.1) is 0 Å². The normalized spacial score (nSPS) is 29.6. The zero-order valence-electron chi connectivity index (χ0n) is 13.2. The lowest BCUT2D eigenvalue weighted by atomic mass is 10.1. The molecule has 0 aromatic carbocycles. The van der Waals surface area contributed by atoms with Gasteiger partial charge in [-0.25, -0.2) is 0 Å². The van der Waals surface area contributed by atoms with Crippen molar-refractivity contribution in [2.75, 3.05) is 39.5 Å². The van der Waals surface area contributed by atoms with Gasteiger partial charge in [0.15, 0.2) is 0 Å². The van der Waals surface area contributed by atoms with Gasteiger partial charge in [-0.1, -0.05) is 0 Å². The summed E-state index contributed by atoms with van der Waals surface area (Å²) in [5.74, 6) is 0.176. The second-order valence-corrected chi connectivity index (χ2v) is 6.38. The lowest BCUT2D eigenvalue weighted by Gasteiger charge is -2.33. The van der Waals surface area contributed by atoms with Crippen LogP contribution in [0.5, 0.6) is 0 Å². The van der Waals surface area contributed by atoms with Crippen LogP contribution >= 0.6 is 0 Å². The highest BCUT2D eigenvalue weighted by atomic mass is 16.5. The Balaban J connectivity index is 1.56. The Morgan fingerprint density at radius 1 is 0.955 bits per heavy atom. The molecule has 3 aliphatic heterocycles. The summed E-state index contributed by atoms with van der Waals surface area (Å²) in [5.41, 5.74) is 0. The SMILES string of the molecule is O=C(C1CCCN1C(=O)CC1CCCCO1)N1CCOCC1. The van der Waals surface area contributed by atoms with E-state index in [1.54, 1.807) is 4.90 Å². The molecule has 0 radical (unpaired) electrons. The first-order chi connectivity index (χ1) is 10.8. The molecule has 3 aliphatic rings. The molecule has 3 fully saturated rings. The van der Waals surface area contributed by atoms with Crippen LogP contribution in [-0.2, 0) is 19.1 Å². The van der Waals surface area contributed by atoms with E-state index in [1.165, 1.54) is 0 Å². The summed E-state index contributed by atoms with van der Waals surface area (Å²) in [4.78, 5) is 28.8. The number of amides is 2. The van der Waals surface area contributed by atoms with Gasteiger partial charge in [0.25, 0.3) is 0 Å². The number of nitrogens with zero attached hydrogens (tertiary/aromatic N) is 2. The molecule has 22 heavy (non-hydrogen) atoms. The summed E-state index contributed by atoms with van der Waals surface area (Å²) in [6, 6.07) is -0.269. The number of hydrogen-bond acceptors (Lipinski definition) is 4. The minimum absolute atomic E-state index is 0.0426. The quantitative estimate of drug-likeness (QED) is 0.773. The van der Waals surface area contributed by atoms with E-state index in [1.807, 2.05) is 4.90 Å². The van der Waals surface area contributed by atoms with Crippen molar-refractivity contribution in [2.24, 2.45) is 0 Å². The lowest BCUT2D eigenvalue weighted by Crippen LogP contribution is -2.51. The molecular weight excluding hydrogens is 284 g/mol. The van der Waals surface area contributed by atoms with Crippen LogP contribution in [0.1, 0.15) is 38.5 Å². The highest BCUT2D eigenvalue weighted by molar-refractivity contribution is 5.88. The van der Waals surface area contributed by atoms with Gasteiger partial charge in [0.1, 0.15) is 6.04 Å². The molecule has 2 amide bonds. The van der Waals surface area contributed by atoms with Gasteiger partial charge >= 0.3 is 0 Å². The molecule has 6 nitrogen and oxygen atoms in total. The van der Waals surface area contributed by atoms with Crippen molar-refractivity contribution in [2.45, 2.75) is 50.7 Å². The Hall–Kier alpha value is -1.14. The first-order valence-electron chi connectivity index (χ1n) is 8.53.